The lowest BCUT2D eigenvalue weighted by Crippen LogP contribution is -2.36. The van der Waals surface area contributed by atoms with E-state index in [1.807, 2.05) is 6.92 Å². The summed E-state index contributed by atoms with van der Waals surface area (Å²) >= 11 is 0. The van der Waals surface area contributed by atoms with E-state index in [4.69, 9.17) is 4.74 Å². The Morgan fingerprint density at radius 3 is 2.65 bits per heavy atom. The molecule has 0 aromatic heterocycles. The molecular weight excluding hydrogens is 218 g/mol. The van der Waals surface area contributed by atoms with Crippen molar-refractivity contribution in [3.63, 3.8) is 0 Å². The van der Waals surface area contributed by atoms with Gasteiger partial charge in [0.05, 0.1) is 12.2 Å². The molecule has 1 saturated carbocycles. The molecule has 1 aliphatic carbocycles. The third-order valence-corrected chi connectivity index (χ3v) is 3.22. The smallest absolute Gasteiger partial charge is 0.246 e. The normalized spacial score (nSPS) is 26.5. The van der Waals surface area contributed by atoms with E-state index in [0.717, 1.165) is 38.5 Å². The molecule has 0 saturated heterocycles. The quantitative estimate of drug-likeness (QED) is 0.745. The Kier molecular flexibility index (Phi) is 6.52. The number of hydrogen-bond donors (Lipinski definition) is 2. The van der Waals surface area contributed by atoms with Gasteiger partial charge in [-0.1, -0.05) is 13.3 Å². The highest BCUT2D eigenvalue weighted by Gasteiger charge is 2.20. The molecule has 2 N–H and O–H groups in total. The van der Waals surface area contributed by atoms with Gasteiger partial charge < -0.3 is 15.2 Å². The molecule has 1 unspecified atom stereocenters. The number of rotatable bonds is 6. The van der Waals surface area contributed by atoms with Gasteiger partial charge in [0.2, 0.25) is 5.91 Å². The number of carbonyl (C=O) groups excluding carboxylic acids is 1. The number of amides is 1. The van der Waals surface area contributed by atoms with E-state index in [-0.39, 0.29) is 30.8 Å². The average Bonchev–Trinajstić information content (AvgIpc) is 2.28. The maximum atomic E-state index is 11.5. The Balaban J connectivity index is 2.11. The molecule has 1 amide bonds. The maximum Gasteiger partial charge on any atom is 0.246 e. The molecule has 0 aromatic carbocycles. The monoisotopic (exact) mass is 243 g/mol. The van der Waals surface area contributed by atoms with E-state index in [1.165, 1.54) is 0 Å². The van der Waals surface area contributed by atoms with Crippen molar-refractivity contribution in [3.8, 4) is 0 Å². The molecule has 4 nitrogen and oxygen atoms in total. The summed E-state index contributed by atoms with van der Waals surface area (Å²) < 4.78 is 5.55. The van der Waals surface area contributed by atoms with E-state index >= 15 is 0 Å². The lowest BCUT2D eigenvalue weighted by atomic mass is 9.95. The Bertz CT molecular complexity index is 225. The molecule has 1 fully saturated rings. The van der Waals surface area contributed by atoms with Gasteiger partial charge in [-0.25, -0.2) is 0 Å². The van der Waals surface area contributed by atoms with Crippen LogP contribution in [0.5, 0.6) is 0 Å². The highest BCUT2D eigenvalue weighted by atomic mass is 16.5. The fraction of sp³-hybridized carbons (Fsp3) is 0.923. The van der Waals surface area contributed by atoms with Crippen molar-refractivity contribution in [1.29, 1.82) is 0 Å². The SMILES string of the molecule is CCCC(C)NC(=O)COC1CCC(O)CC1. The molecule has 0 heterocycles. The zero-order valence-electron chi connectivity index (χ0n) is 10.9. The largest absolute Gasteiger partial charge is 0.393 e. The number of aliphatic hydroxyl groups excluding tert-OH is 1. The Hall–Kier alpha value is -0.610. The van der Waals surface area contributed by atoms with Crippen LogP contribution >= 0.6 is 0 Å². The standard InChI is InChI=1S/C13H25NO3/c1-3-4-10(2)14-13(16)9-17-12-7-5-11(15)6-8-12/h10-12,15H,3-9H2,1-2H3,(H,14,16). The molecule has 100 valence electrons. The van der Waals surface area contributed by atoms with Crippen molar-refractivity contribution in [2.24, 2.45) is 0 Å². The van der Waals surface area contributed by atoms with Crippen LogP contribution in [-0.4, -0.2) is 35.9 Å². The average molecular weight is 243 g/mol. The van der Waals surface area contributed by atoms with Gasteiger partial charge in [0.25, 0.3) is 0 Å². The molecule has 4 heteroatoms. The van der Waals surface area contributed by atoms with Crippen molar-refractivity contribution in [1.82, 2.24) is 5.32 Å². The number of ether oxygens (including phenoxy) is 1. The third kappa shape index (κ3) is 6.03. The van der Waals surface area contributed by atoms with E-state index < -0.39 is 0 Å². The van der Waals surface area contributed by atoms with Gasteiger partial charge in [0.15, 0.2) is 0 Å². The lowest BCUT2D eigenvalue weighted by molar-refractivity contribution is -0.129. The molecule has 1 rings (SSSR count). The molecule has 0 aromatic rings. The summed E-state index contributed by atoms with van der Waals surface area (Å²) in [5.41, 5.74) is 0. The molecule has 1 aliphatic rings. The van der Waals surface area contributed by atoms with E-state index in [2.05, 4.69) is 12.2 Å². The predicted molar refractivity (Wildman–Crippen MR) is 66.7 cm³/mol. The number of aliphatic hydroxyl groups is 1. The van der Waals surface area contributed by atoms with Crippen molar-refractivity contribution in [2.45, 2.75) is 70.6 Å². The molecule has 0 aliphatic heterocycles. The summed E-state index contributed by atoms with van der Waals surface area (Å²) in [4.78, 5) is 11.5. The molecule has 0 spiro atoms. The highest BCUT2D eigenvalue weighted by molar-refractivity contribution is 5.77. The third-order valence-electron chi connectivity index (χ3n) is 3.22. The van der Waals surface area contributed by atoms with Crippen LogP contribution in [0.3, 0.4) is 0 Å². The van der Waals surface area contributed by atoms with E-state index in [0.29, 0.717) is 0 Å². The first-order chi connectivity index (χ1) is 8.11. The first-order valence-corrected chi connectivity index (χ1v) is 6.70. The number of nitrogens with one attached hydrogen (secondary N) is 1. The Morgan fingerprint density at radius 2 is 2.06 bits per heavy atom. The van der Waals surface area contributed by atoms with Crippen LogP contribution in [0, 0.1) is 0 Å². The predicted octanol–water partition coefficient (Wildman–Crippen LogP) is 1.61. The summed E-state index contributed by atoms with van der Waals surface area (Å²) in [6.45, 7) is 4.26. The second-order valence-electron chi connectivity index (χ2n) is 5.00. The molecule has 1 atom stereocenters. The van der Waals surface area contributed by atoms with Crippen molar-refractivity contribution < 1.29 is 14.6 Å². The van der Waals surface area contributed by atoms with Gasteiger partial charge >= 0.3 is 0 Å². The van der Waals surface area contributed by atoms with Gasteiger partial charge in [-0.2, -0.15) is 0 Å². The zero-order chi connectivity index (χ0) is 12.7. The first kappa shape index (κ1) is 14.5. The minimum atomic E-state index is -0.173. The van der Waals surface area contributed by atoms with Gasteiger partial charge in [-0.3, -0.25) is 4.79 Å². The number of carbonyl (C=O) groups is 1. The first-order valence-electron chi connectivity index (χ1n) is 6.70. The van der Waals surface area contributed by atoms with E-state index in [9.17, 15) is 9.90 Å². The van der Waals surface area contributed by atoms with Gasteiger partial charge in [0, 0.05) is 6.04 Å². The molecule has 0 radical (unpaired) electrons. The minimum Gasteiger partial charge on any atom is -0.393 e. The highest BCUT2D eigenvalue weighted by Crippen LogP contribution is 2.20. The minimum absolute atomic E-state index is 0.0305. The molecule has 0 bridgehead atoms. The summed E-state index contributed by atoms with van der Waals surface area (Å²) in [6.07, 6.45) is 5.35. The van der Waals surface area contributed by atoms with Gasteiger partial charge in [0.1, 0.15) is 6.61 Å². The Morgan fingerprint density at radius 1 is 1.41 bits per heavy atom. The fourth-order valence-electron chi connectivity index (χ4n) is 2.23. The van der Waals surface area contributed by atoms with E-state index in [1.54, 1.807) is 0 Å². The van der Waals surface area contributed by atoms with Crippen molar-refractivity contribution >= 4 is 5.91 Å². The lowest BCUT2D eigenvalue weighted by Gasteiger charge is -2.25. The molecular formula is C13H25NO3. The van der Waals surface area contributed by atoms with Crippen LogP contribution < -0.4 is 5.32 Å². The summed E-state index contributed by atoms with van der Waals surface area (Å²) in [6, 6.07) is 0.226. The molecule has 17 heavy (non-hydrogen) atoms. The van der Waals surface area contributed by atoms with Crippen LogP contribution in [0.2, 0.25) is 0 Å². The second-order valence-corrected chi connectivity index (χ2v) is 5.00. The van der Waals surface area contributed by atoms with Crippen LogP contribution in [0.25, 0.3) is 0 Å². The van der Waals surface area contributed by atoms with Crippen molar-refractivity contribution in [3.05, 3.63) is 0 Å². The summed E-state index contributed by atoms with van der Waals surface area (Å²) in [7, 11) is 0. The van der Waals surface area contributed by atoms with Crippen LogP contribution in [0.15, 0.2) is 0 Å². The maximum absolute atomic E-state index is 11.5. The van der Waals surface area contributed by atoms with Crippen LogP contribution in [-0.2, 0) is 9.53 Å². The Labute approximate surface area is 104 Å². The van der Waals surface area contributed by atoms with Crippen molar-refractivity contribution in [2.75, 3.05) is 6.61 Å². The zero-order valence-corrected chi connectivity index (χ0v) is 10.9. The van der Waals surface area contributed by atoms with Crippen LogP contribution in [0.1, 0.15) is 52.4 Å². The van der Waals surface area contributed by atoms with Gasteiger partial charge in [-0.05, 0) is 39.0 Å². The fourth-order valence-corrected chi connectivity index (χ4v) is 2.23. The summed E-state index contributed by atoms with van der Waals surface area (Å²) in [5, 5.41) is 12.3. The second kappa shape index (κ2) is 7.67. The number of hydrogen-bond acceptors (Lipinski definition) is 3. The van der Waals surface area contributed by atoms with Crippen LogP contribution in [0.4, 0.5) is 0 Å². The summed E-state index contributed by atoms with van der Waals surface area (Å²) in [5.74, 6) is -0.0305. The van der Waals surface area contributed by atoms with Gasteiger partial charge in [-0.15, -0.1) is 0 Å². The topological polar surface area (TPSA) is 58.6 Å².